The fourth-order valence-corrected chi connectivity index (χ4v) is 2.67. The smallest absolute Gasteiger partial charge is 0.226 e. The molecule has 0 aromatic heterocycles. The molecule has 2 nitrogen and oxygen atoms in total. The van der Waals surface area contributed by atoms with Gasteiger partial charge in [-0.1, -0.05) is 13.8 Å². The molecule has 14 heavy (non-hydrogen) atoms. The van der Waals surface area contributed by atoms with Crippen molar-refractivity contribution in [2.24, 2.45) is 5.92 Å². The van der Waals surface area contributed by atoms with Gasteiger partial charge in [-0.15, -0.1) is 0 Å². The number of carbonyl (C=O) groups excluding carboxylic acids is 1. The lowest BCUT2D eigenvalue weighted by molar-refractivity contribution is -0.131. The Morgan fingerprint density at radius 3 is 2.50 bits per heavy atom. The first-order valence-corrected chi connectivity index (χ1v) is 6.49. The summed E-state index contributed by atoms with van der Waals surface area (Å²) in [6.07, 6.45) is 1.05. The minimum absolute atomic E-state index is 0.282. The maximum atomic E-state index is 11.9. The Balaban J connectivity index is 2.40. The van der Waals surface area contributed by atoms with Crippen molar-refractivity contribution < 1.29 is 4.79 Å². The third-order valence-corrected chi connectivity index (χ3v) is 3.87. The Labute approximate surface area is 91.4 Å². The van der Waals surface area contributed by atoms with Crippen LogP contribution in [0.1, 0.15) is 34.1 Å². The monoisotopic (exact) mass is 215 g/mol. The molecule has 0 spiro atoms. The topological polar surface area (TPSA) is 20.3 Å². The van der Waals surface area contributed by atoms with Gasteiger partial charge < -0.3 is 4.90 Å². The molecule has 0 aliphatic carbocycles. The Hall–Kier alpha value is -0.180. The van der Waals surface area contributed by atoms with E-state index in [1.807, 2.05) is 16.7 Å². The van der Waals surface area contributed by atoms with Gasteiger partial charge in [-0.2, -0.15) is 11.8 Å². The first kappa shape index (κ1) is 11.9. The fourth-order valence-electron chi connectivity index (χ4n) is 1.74. The maximum absolute atomic E-state index is 11.9. The highest BCUT2D eigenvalue weighted by molar-refractivity contribution is 7.99. The van der Waals surface area contributed by atoms with Crippen LogP contribution in [0.2, 0.25) is 0 Å². The van der Waals surface area contributed by atoms with Gasteiger partial charge >= 0.3 is 0 Å². The van der Waals surface area contributed by atoms with Crippen LogP contribution in [0.25, 0.3) is 0 Å². The molecule has 1 saturated heterocycles. The van der Waals surface area contributed by atoms with E-state index < -0.39 is 0 Å². The molecule has 1 atom stereocenters. The van der Waals surface area contributed by atoms with Crippen molar-refractivity contribution in [2.75, 3.05) is 12.3 Å². The summed E-state index contributed by atoms with van der Waals surface area (Å²) in [5.41, 5.74) is 0. The van der Waals surface area contributed by atoms with Crippen LogP contribution in [-0.4, -0.2) is 34.4 Å². The maximum Gasteiger partial charge on any atom is 0.226 e. The molecule has 0 radical (unpaired) electrons. The van der Waals surface area contributed by atoms with Gasteiger partial charge in [0.15, 0.2) is 0 Å². The van der Waals surface area contributed by atoms with Gasteiger partial charge in [0.2, 0.25) is 5.91 Å². The zero-order chi connectivity index (χ0) is 10.7. The predicted molar refractivity (Wildman–Crippen MR) is 62.6 cm³/mol. The minimum atomic E-state index is 0.282. The highest BCUT2D eigenvalue weighted by Gasteiger charge is 2.32. The molecule has 1 heterocycles. The lowest BCUT2D eigenvalue weighted by atomic mass is 10.1. The molecule has 1 fully saturated rings. The molecule has 1 amide bonds. The molecule has 1 aliphatic heterocycles. The van der Waals surface area contributed by atoms with Crippen LogP contribution in [0.3, 0.4) is 0 Å². The van der Waals surface area contributed by atoms with Crippen LogP contribution in [-0.2, 0) is 4.79 Å². The number of nitrogens with zero attached hydrogens (tertiary/aromatic N) is 1. The van der Waals surface area contributed by atoms with Crippen molar-refractivity contribution in [3.8, 4) is 0 Å². The average Bonchev–Trinajstić information content (AvgIpc) is 2.43. The number of thioether (sulfide) groups is 1. The Bertz CT molecular complexity index is 203. The Morgan fingerprint density at radius 1 is 1.43 bits per heavy atom. The third kappa shape index (κ3) is 2.91. The highest BCUT2D eigenvalue weighted by Crippen LogP contribution is 2.25. The molecule has 3 heteroatoms. The van der Waals surface area contributed by atoms with Gasteiger partial charge in [0, 0.05) is 24.3 Å². The number of hydrogen-bond donors (Lipinski definition) is 0. The molecule has 1 aliphatic rings. The Kier molecular flexibility index (Phi) is 4.30. The van der Waals surface area contributed by atoms with Crippen molar-refractivity contribution in [1.82, 2.24) is 4.90 Å². The molecule has 1 unspecified atom stereocenters. The normalized spacial score (nSPS) is 22.9. The van der Waals surface area contributed by atoms with E-state index in [2.05, 4.69) is 27.7 Å². The van der Waals surface area contributed by atoms with Crippen LogP contribution < -0.4 is 0 Å². The standard InChI is InChI=1S/C11H21NOS/c1-8(2)12-6-5-10(11(12)13)7-14-9(3)4/h8-10H,5-7H2,1-4H3. The molecular weight excluding hydrogens is 194 g/mol. The summed E-state index contributed by atoms with van der Waals surface area (Å²) < 4.78 is 0. The zero-order valence-electron chi connectivity index (χ0n) is 9.62. The minimum Gasteiger partial charge on any atom is -0.340 e. The van der Waals surface area contributed by atoms with Gasteiger partial charge in [-0.3, -0.25) is 4.79 Å². The van der Waals surface area contributed by atoms with Gasteiger partial charge in [0.1, 0.15) is 0 Å². The predicted octanol–water partition coefficient (Wildman–Crippen LogP) is 2.38. The summed E-state index contributed by atoms with van der Waals surface area (Å²) in [4.78, 5) is 13.9. The molecule has 0 N–H and O–H groups in total. The lowest BCUT2D eigenvalue weighted by Crippen LogP contribution is -2.34. The highest BCUT2D eigenvalue weighted by atomic mass is 32.2. The van der Waals surface area contributed by atoms with E-state index in [-0.39, 0.29) is 5.92 Å². The molecule has 0 aromatic rings. The molecule has 0 saturated carbocycles. The van der Waals surface area contributed by atoms with E-state index in [0.717, 1.165) is 18.7 Å². The molecule has 1 rings (SSSR count). The van der Waals surface area contributed by atoms with E-state index in [9.17, 15) is 4.79 Å². The summed E-state index contributed by atoms with van der Waals surface area (Å²) in [7, 11) is 0. The molecule has 82 valence electrons. The third-order valence-electron chi connectivity index (χ3n) is 2.60. The second kappa shape index (κ2) is 5.06. The van der Waals surface area contributed by atoms with Crippen LogP contribution in [0.4, 0.5) is 0 Å². The summed E-state index contributed by atoms with van der Waals surface area (Å²) in [6, 6.07) is 0.372. The molecule has 0 bridgehead atoms. The van der Waals surface area contributed by atoms with Crippen molar-refractivity contribution in [2.45, 2.75) is 45.4 Å². The quantitative estimate of drug-likeness (QED) is 0.717. The molecular formula is C11H21NOS. The van der Waals surface area contributed by atoms with Crippen molar-refractivity contribution in [3.63, 3.8) is 0 Å². The first-order valence-electron chi connectivity index (χ1n) is 5.44. The fraction of sp³-hybridized carbons (Fsp3) is 0.909. The second-order valence-corrected chi connectivity index (χ2v) is 6.10. The number of rotatable bonds is 4. The van der Waals surface area contributed by atoms with E-state index in [0.29, 0.717) is 17.2 Å². The van der Waals surface area contributed by atoms with Gasteiger partial charge in [0.05, 0.1) is 0 Å². The van der Waals surface area contributed by atoms with Crippen LogP contribution in [0.15, 0.2) is 0 Å². The van der Waals surface area contributed by atoms with E-state index in [1.54, 1.807) is 0 Å². The van der Waals surface area contributed by atoms with Gasteiger partial charge in [-0.25, -0.2) is 0 Å². The molecule has 0 aromatic carbocycles. The van der Waals surface area contributed by atoms with Crippen molar-refractivity contribution in [1.29, 1.82) is 0 Å². The van der Waals surface area contributed by atoms with Crippen molar-refractivity contribution in [3.05, 3.63) is 0 Å². The van der Waals surface area contributed by atoms with Crippen LogP contribution in [0, 0.1) is 5.92 Å². The number of hydrogen-bond acceptors (Lipinski definition) is 2. The van der Waals surface area contributed by atoms with E-state index in [1.165, 1.54) is 0 Å². The summed E-state index contributed by atoms with van der Waals surface area (Å²) in [5, 5.41) is 0.635. The van der Waals surface area contributed by atoms with Gasteiger partial charge in [-0.05, 0) is 25.5 Å². The SMILES string of the molecule is CC(C)SCC1CCN(C(C)C)C1=O. The average molecular weight is 215 g/mol. The van der Waals surface area contributed by atoms with Crippen molar-refractivity contribution >= 4 is 17.7 Å². The number of carbonyl (C=O) groups is 1. The second-order valence-electron chi connectivity index (χ2n) is 4.49. The summed E-state index contributed by atoms with van der Waals surface area (Å²) in [5.74, 6) is 1.65. The van der Waals surface area contributed by atoms with Crippen LogP contribution in [0.5, 0.6) is 0 Å². The number of likely N-dealkylation sites (tertiary alicyclic amines) is 1. The first-order chi connectivity index (χ1) is 6.52. The van der Waals surface area contributed by atoms with Crippen LogP contribution >= 0.6 is 11.8 Å². The Morgan fingerprint density at radius 2 is 2.07 bits per heavy atom. The largest absolute Gasteiger partial charge is 0.340 e. The summed E-state index contributed by atoms with van der Waals surface area (Å²) >= 11 is 1.90. The zero-order valence-corrected chi connectivity index (χ0v) is 10.4. The van der Waals surface area contributed by atoms with Gasteiger partial charge in [0.25, 0.3) is 0 Å². The lowest BCUT2D eigenvalue weighted by Gasteiger charge is -2.21. The van der Waals surface area contributed by atoms with E-state index >= 15 is 0 Å². The number of amides is 1. The summed E-state index contributed by atoms with van der Waals surface area (Å²) in [6.45, 7) is 9.51. The van der Waals surface area contributed by atoms with E-state index in [4.69, 9.17) is 0 Å².